The van der Waals surface area contributed by atoms with Crippen LogP contribution in [0.4, 0.5) is 0 Å². The SMILES string of the molecule is COC(=O)[C@@H](C)Oc1c(OC)cc(C=Nn2c(C3CCCCC3)nc3ccc(Br)cc3c2=O)c(Br)c1Cl. The molecule has 1 fully saturated rings. The zero-order chi connectivity index (χ0) is 26.7. The summed E-state index contributed by atoms with van der Waals surface area (Å²) in [5.41, 5.74) is 0.951. The quantitative estimate of drug-likeness (QED) is 0.215. The number of methoxy groups -OCH3 is 2. The van der Waals surface area contributed by atoms with Crippen molar-refractivity contribution in [3.8, 4) is 11.5 Å². The van der Waals surface area contributed by atoms with Gasteiger partial charge in [-0.3, -0.25) is 4.79 Å². The Morgan fingerprint density at radius 3 is 2.62 bits per heavy atom. The Kier molecular flexibility index (Phi) is 8.92. The second-order valence-electron chi connectivity index (χ2n) is 8.74. The van der Waals surface area contributed by atoms with Crippen LogP contribution >= 0.6 is 43.5 Å². The van der Waals surface area contributed by atoms with E-state index in [1.807, 2.05) is 12.1 Å². The van der Waals surface area contributed by atoms with Gasteiger partial charge in [0.05, 0.1) is 31.3 Å². The minimum atomic E-state index is -0.901. The van der Waals surface area contributed by atoms with E-state index in [2.05, 4.69) is 37.0 Å². The van der Waals surface area contributed by atoms with Crippen molar-refractivity contribution >= 4 is 66.5 Å². The van der Waals surface area contributed by atoms with Gasteiger partial charge in [0.25, 0.3) is 5.56 Å². The molecule has 0 radical (unpaired) electrons. The van der Waals surface area contributed by atoms with Crippen LogP contribution in [0.15, 0.2) is 43.1 Å². The molecule has 0 aliphatic heterocycles. The van der Waals surface area contributed by atoms with E-state index in [-0.39, 0.29) is 22.2 Å². The lowest BCUT2D eigenvalue weighted by Crippen LogP contribution is -2.25. The highest BCUT2D eigenvalue weighted by atomic mass is 79.9. The third-order valence-electron chi connectivity index (χ3n) is 6.32. The molecule has 196 valence electrons. The highest BCUT2D eigenvalue weighted by molar-refractivity contribution is 9.10. The van der Waals surface area contributed by atoms with Crippen LogP contribution in [0.3, 0.4) is 0 Å². The average Bonchev–Trinajstić information content (AvgIpc) is 2.91. The summed E-state index contributed by atoms with van der Waals surface area (Å²) in [6.07, 6.45) is 5.90. The van der Waals surface area contributed by atoms with Gasteiger partial charge in [-0.05, 0) is 60.0 Å². The molecule has 1 aromatic heterocycles. The van der Waals surface area contributed by atoms with Crippen molar-refractivity contribution in [1.82, 2.24) is 9.66 Å². The molecule has 8 nitrogen and oxygen atoms in total. The Hall–Kier alpha value is -2.43. The number of hydrogen-bond acceptors (Lipinski definition) is 7. The van der Waals surface area contributed by atoms with Crippen LogP contribution in [-0.2, 0) is 9.53 Å². The molecule has 0 amide bonds. The Labute approximate surface area is 236 Å². The Morgan fingerprint density at radius 1 is 1.22 bits per heavy atom. The second-order valence-corrected chi connectivity index (χ2v) is 10.8. The van der Waals surface area contributed by atoms with Crippen LogP contribution in [-0.4, -0.2) is 42.2 Å². The molecule has 37 heavy (non-hydrogen) atoms. The van der Waals surface area contributed by atoms with E-state index in [0.717, 1.165) is 30.2 Å². The first kappa shape index (κ1) is 27.6. The molecule has 1 aliphatic carbocycles. The number of esters is 1. The fraction of sp³-hybridized carbons (Fsp3) is 0.385. The van der Waals surface area contributed by atoms with E-state index < -0.39 is 12.1 Å². The van der Waals surface area contributed by atoms with E-state index in [4.69, 9.17) is 30.8 Å². The fourth-order valence-corrected chi connectivity index (χ4v) is 5.38. The average molecular weight is 656 g/mol. The van der Waals surface area contributed by atoms with Crippen LogP contribution in [0.2, 0.25) is 5.02 Å². The number of halogens is 3. The van der Waals surface area contributed by atoms with Crippen molar-refractivity contribution in [2.45, 2.75) is 51.0 Å². The first-order valence-corrected chi connectivity index (χ1v) is 13.8. The lowest BCUT2D eigenvalue weighted by atomic mass is 9.88. The largest absolute Gasteiger partial charge is 0.493 e. The molecule has 3 aromatic rings. The molecule has 0 N–H and O–H groups in total. The van der Waals surface area contributed by atoms with Crippen LogP contribution in [0, 0.1) is 0 Å². The maximum Gasteiger partial charge on any atom is 0.346 e. The van der Waals surface area contributed by atoms with Crippen LogP contribution in [0.25, 0.3) is 10.9 Å². The molecule has 4 rings (SSSR count). The van der Waals surface area contributed by atoms with Crippen LogP contribution < -0.4 is 15.0 Å². The van der Waals surface area contributed by atoms with Crippen molar-refractivity contribution in [2.75, 3.05) is 14.2 Å². The molecule has 0 bridgehead atoms. The van der Waals surface area contributed by atoms with E-state index in [9.17, 15) is 9.59 Å². The highest BCUT2D eigenvalue weighted by Gasteiger charge is 2.24. The molecular formula is C26H26Br2ClN3O5. The zero-order valence-corrected chi connectivity index (χ0v) is 24.5. The van der Waals surface area contributed by atoms with E-state index in [1.54, 1.807) is 19.1 Å². The van der Waals surface area contributed by atoms with Gasteiger partial charge in [-0.25, -0.2) is 9.78 Å². The minimum absolute atomic E-state index is 0.142. The van der Waals surface area contributed by atoms with Gasteiger partial charge in [0, 0.05) is 20.4 Å². The number of carbonyl (C=O) groups excluding carboxylic acids is 1. The Morgan fingerprint density at radius 2 is 1.95 bits per heavy atom. The van der Waals surface area contributed by atoms with Gasteiger partial charge in [-0.1, -0.05) is 46.8 Å². The van der Waals surface area contributed by atoms with E-state index in [0.29, 0.717) is 32.5 Å². The normalized spacial score (nSPS) is 15.2. The van der Waals surface area contributed by atoms with Gasteiger partial charge >= 0.3 is 5.97 Å². The summed E-state index contributed by atoms with van der Waals surface area (Å²) in [4.78, 5) is 30.3. The van der Waals surface area contributed by atoms with Gasteiger partial charge < -0.3 is 14.2 Å². The molecule has 1 atom stereocenters. The number of aromatic nitrogens is 2. The summed E-state index contributed by atoms with van der Waals surface area (Å²) in [6, 6.07) is 7.14. The number of carbonyl (C=O) groups is 1. The van der Waals surface area contributed by atoms with Gasteiger partial charge in [-0.2, -0.15) is 9.78 Å². The zero-order valence-electron chi connectivity index (χ0n) is 20.6. The smallest absolute Gasteiger partial charge is 0.346 e. The molecule has 11 heteroatoms. The predicted octanol–water partition coefficient (Wildman–Crippen LogP) is 6.45. The van der Waals surface area contributed by atoms with E-state index in [1.165, 1.54) is 31.5 Å². The topological polar surface area (TPSA) is 92.0 Å². The molecule has 0 unspecified atom stereocenters. The van der Waals surface area contributed by atoms with Crippen molar-refractivity contribution in [3.05, 3.63) is 60.0 Å². The Balaban J connectivity index is 1.80. The maximum absolute atomic E-state index is 13.6. The third kappa shape index (κ3) is 5.86. The van der Waals surface area contributed by atoms with Crippen molar-refractivity contribution in [3.63, 3.8) is 0 Å². The second kappa shape index (κ2) is 12.0. The summed E-state index contributed by atoms with van der Waals surface area (Å²) in [5.74, 6) is 0.722. The van der Waals surface area contributed by atoms with Gasteiger partial charge in [0.15, 0.2) is 17.6 Å². The number of benzene rings is 2. The number of rotatable bonds is 7. The third-order valence-corrected chi connectivity index (χ3v) is 8.26. The first-order chi connectivity index (χ1) is 17.7. The van der Waals surface area contributed by atoms with Gasteiger partial charge in [-0.15, -0.1) is 0 Å². The molecule has 1 saturated carbocycles. The summed E-state index contributed by atoms with van der Waals surface area (Å²) in [6.45, 7) is 1.55. The summed E-state index contributed by atoms with van der Waals surface area (Å²) >= 11 is 13.5. The maximum atomic E-state index is 13.6. The molecular weight excluding hydrogens is 630 g/mol. The molecule has 1 aliphatic rings. The van der Waals surface area contributed by atoms with Crippen LogP contribution in [0.5, 0.6) is 11.5 Å². The van der Waals surface area contributed by atoms with Gasteiger partial charge in [0.2, 0.25) is 0 Å². The summed E-state index contributed by atoms with van der Waals surface area (Å²) < 4.78 is 18.6. The standard InChI is InChI=1S/C26H26Br2ClN3O5/c1-14(26(34)36-3)37-23-20(35-2)11-16(21(28)22(23)29)13-30-32-24(15-7-5-4-6-8-15)31-19-10-9-17(27)12-18(19)25(32)33/h9-15H,4-8H2,1-3H3/t14-/m1/s1. The van der Waals surface area contributed by atoms with Crippen LogP contribution in [0.1, 0.15) is 56.3 Å². The van der Waals surface area contributed by atoms with Crippen molar-refractivity contribution in [1.29, 1.82) is 0 Å². The molecule has 2 aromatic carbocycles. The summed E-state index contributed by atoms with van der Waals surface area (Å²) in [5, 5.41) is 5.25. The number of nitrogens with zero attached hydrogens (tertiary/aromatic N) is 3. The predicted molar refractivity (Wildman–Crippen MR) is 150 cm³/mol. The minimum Gasteiger partial charge on any atom is -0.493 e. The number of hydrogen-bond donors (Lipinski definition) is 0. The van der Waals surface area contributed by atoms with E-state index >= 15 is 0 Å². The monoisotopic (exact) mass is 653 g/mol. The number of fused-ring (bicyclic) bond motifs is 1. The molecule has 0 saturated heterocycles. The molecule has 1 heterocycles. The van der Waals surface area contributed by atoms with Gasteiger partial charge in [0.1, 0.15) is 10.8 Å². The number of ether oxygens (including phenoxy) is 3. The van der Waals surface area contributed by atoms with Crippen molar-refractivity contribution in [2.24, 2.45) is 5.10 Å². The first-order valence-electron chi connectivity index (χ1n) is 11.8. The summed E-state index contributed by atoms with van der Waals surface area (Å²) in [7, 11) is 2.74. The lowest BCUT2D eigenvalue weighted by Gasteiger charge is -2.23. The lowest BCUT2D eigenvalue weighted by molar-refractivity contribution is -0.147. The Bertz CT molecular complexity index is 1420. The van der Waals surface area contributed by atoms with Crippen molar-refractivity contribution < 1.29 is 19.0 Å². The fourth-order valence-electron chi connectivity index (χ4n) is 4.37. The molecule has 0 spiro atoms. The highest BCUT2D eigenvalue weighted by Crippen LogP contribution is 2.42.